The second kappa shape index (κ2) is 4.98. The van der Waals surface area contributed by atoms with Crippen LogP contribution in [0.2, 0.25) is 0 Å². The molecule has 1 saturated heterocycles. The van der Waals surface area contributed by atoms with Crippen molar-refractivity contribution < 1.29 is 9.53 Å². The standard InChI is InChI=1S/C14H20N2O2/c1-9-4-5-12(6-13(9)15)14(17)16-7-10(2)18-11(3)8-16/h4-6,10-11H,7-8,15H2,1-3H3/t10-,11-/m0/s1. The summed E-state index contributed by atoms with van der Waals surface area (Å²) in [4.78, 5) is 14.2. The second-order valence-corrected chi connectivity index (χ2v) is 5.04. The van der Waals surface area contributed by atoms with Crippen LogP contribution in [0, 0.1) is 6.92 Å². The highest BCUT2D eigenvalue weighted by molar-refractivity contribution is 5.95. The molecule has 18 heavy (non-hydrogen) atoms. The fourth-order valence-electron chi connectivity index (χ4n) is 2.30. The Hall–Kier alpha value is -1.55. The largest absolute Gasteiger partial charge is 0.398 e. The minimum absolute atomic E-state index is 0.0312. The van der Waals surface area contributed by atoms with Gasteiger partial charge in [-0.1, -0.05) is 6.07 Å². The van der Waals surface area contributed by atoms with Gasteiger partial charge in [0.1, 0.15) is 0 Å². The van der Waals surface area contributed by atoms with Crippen LogP contribution in [-0.2, 0) is 4.74 Å². The van der Waals surface area contributed by atoms with Gasteiger partial charge in [-0.05, 0) is 38.5 Å². The van der Waals surface area contributed by atoms with E-state index in [2.05, 4.69) is 0 Å². The van der Waals surface area contributed by atoms with Crippen molar-refractivity contribution in [3.63, 3.8) is 0 Å². The Morgan fingerprint density at radius 1 is 1.33 bits per heavy atom. The molecular weight excluding hydrogens is 228 g/mol. The summed E-state index contributed by atoms with van der Waals surface area (Å²) in [7, 11) is 0. The maximum Gasteiger partial charge on any atom is 0.254 e. The zero-order chi connectivity index (χ0) is 13.3. The minimum atomic E-state index is 0.0312. The summed E-state index contributed by atoms with van der Waals surface area (Å²) in [6.07, 6.45) is 0.168. The maximum atomic E-state index is 12.4. The molecule has 4 heteroatoms. The van der Waals surface area contributed by atoms with E-state index in [1.807, 2.05) is 37.8 Å². The first kappa shape index (κ1) is 12.9. The van der Waals surface area contributed by atoms with Crippen LogP contribution in [-0.4, -0.2) is 36.1 Å². The van der Waals surface area contributed by atoms with Crippen molar-refractivity contribution >= 4 is 11.6 Å². The maximum absolute atomic E-state index is 12.4. The van der Waals surface area contributed by atoms with Gasteiger partial charge in [-0.25, -0.2) is 0 Å². The number of nitrogen functional groups attached to an aromatic ring is 1. The Morgan fingerprint density at radius 2 is 1.94 bits per heavy atom. The van der Waals surface area contributed by atoms with Gasteiger partial charge in [0.25, 0.3) is 5.91 Å². The van der Waals surface area contributed by atoms with E-state index in [1.165, 1.54) is 0 Å². The number of carbonyl (C=O) groups excluding carboxylic acids is 1. The van der Waals surface area contributed by atoms with Gasteiger partial charge < -0.3 is 15.4 Å². The normalized spacial score (nSPS) is 24.1. The van der Waals surface area contributed by atoms with Gasteiger partial charge in [0.2, 0.25) is 0 Å². The van der Waals surface area contributed by atoms with Gasteiger partial charge in [0.15, 0.2) is 0 Å². The lowest BCUT2D eigenvalue weighted by Gasteiger charge is -2.35. The molecule has 0 saturated carbocycles. The lowest BCUT2D eigenvalue weighted by molar-refractivity contribution is -0.0586. The van der Waals surface area contributed by atoms with Crippen molar-refractivity contribution in [2.75, 3.05) is 18.8 Å². The van der Waals surface area contributed by atoms with E-state index in [0.717, 1.165) is 5.56 Å². The number of carbonyl (C=O) groups is 1. The Morgan fingerprint density at radius 3 is 2.50 bits per heavy atom. The zero-order valence-corrected chi connectivity index (χ0v) is 11.1. The molecule has 1 aliphatic rings. The predicted octanol–water partition coefficient (Wildman–Crippen LogP) is 1.83. The number of benzene rings is 1. The summed E-state index contributed by atoms with van der Waals surface area (Å²) < 4.78 is 5.63. The lowest BCUT2D eigenvalue weighted by Crippen LogP contribution is -2.48. The van der Waals surface area contributed by atoms with Crippen molar-refractivity contribution in [1.82, 2.24) is 4.90 Å². The van der Waals surface area contributed by atoms with Crippen LogP contribution < -0.4 is 5.73 Å². The van der Waals surface area contributed by atoms with Gasteiger partial charge in [-0.3, -0.25) is 4.79 Å². The molecule has 2 atom stereocenters. The first-order valence-corrected chi connectivity index (χ1v) is 6.28. The third kappa shape index (κ3) is 2.64. The molecule has 1 heterocycles. The molecule has 2 N–H and O–H groups in total. The minimum Gasteiger partial charge on any atom is -0.398 e. The molecule has 0 unspecified atom stereocenters. The van der Waals surface area contributed by atoms with Crippen molar-refractivity contribution in [2.45, 2.75) is 33.0 Å². The zero-order valence-electron chi connectivity index (χ0n) is 11.1. The van der Waals surface area contributed by atoms with E-state index in [9.17, 15) is 4.79 Å². The second-order valence-electron chi connectivity index (χ2n) is 5.04. The van der Waals surface area contributed by atoms with E-state index in [4.69, 9.17) is 10.5 Å². The molecule has 1 aromatic carbocycles. The predicted molar refractivity (Wildman–Crippen MR) is 71.5 cm³/mol. The van der Waals surface area contributed by atoms with Crippen molar-refractivity contribution in [3.05, 3.63) is 29.3 Å². The van der Waals surface area contributed by atoms with Crippen molar-refractivity contribution in [1.29, 1.82) is 0 Å². The SMILES string of the molecule is Cc1ccc(C(=O)N2C[C@H](C)O[C@@H](C)C2)cc1N. The van der Waals surface area contributed by atoms with E-state index < -0.39 is 0 Å². The molecule has 0 radical (unpaired) electrons. The van der Waals surface area contributed by atoms with E-state index in [1.54, 1.807) is 6.07 Å². The molecule has 2 rings (SSSR count). The number of nitrogens with zero attached hydrogens (tertiary/aromatic N) is 1. The van der Waals surface area contributed by atoms with Gasteiger partial charge in [0, 0.05) is 24.3 Å². The fraction of sp³-hybridized carbons (Fsp3) is 0.500. The molecule has 98 valence electrons. The Bertz CT molecular complexity index is 449. The van der Waals surface area contributed by atoms with Crippen molar-refractivity contribution in [3.8, 4) is 0 Å². The summed E-state index contributed by atoms with van der Waals surface area (Å²) in [5, 5.41) is 0. The summed E-state index contributed by atoms with van der Waals surface area (Å²) in [6.45, 7) is 7.18. The van der Waals surface area contributed by atoms with Gasteiger partial charge in [-0.15, -0.1) is 0 Å². The number of hydrogen-bond acceptors (Lipinski definition) is 3. The summed E-state index contributed by atoms with van der Waals surface area (Å²) >= 11 is 0. The average molecular weight is 248 g/mol. The van der Waals surface area contributed by atoms with Crippen LogP contribution in [0.5, 0.6) is 0 Å². The van der Waals surface area contributed by atoms with Gasteiger partial charge in [-0.2, -0.15) is 0 Å². The average Bonchev–Trinajstić information content (AvgIpc) is 2.30. The summed E-state index contributed by atoms with van der Waals surface area (Å²) in [5.74, 6) is 0.0312. The molecular formula is C14H20N2O2. The van der Waals surface area contributed by atoms with E-state index >= 15 is 0 Å². The van der Waals surface area contributed by atoms with Crippen LogP contribution >= 0.6 is 0 Å². The third-order valence-electron chi connectivity index (χ3n) is 3.23. The third-order valence-corrected chi connectivity index (χ3v) is 3.23. The van der Waals surface area contributed by atoms with Crippen LogP contribution in [0.15, 0.2) is 18.2 Å². The topological polar surface area (TPSA) is 55.6 Å². The number of rotatable bonds is 1. The first-order chi connectivity index (χ1) is 8.47. The van der Waals surface area contributed by atoms with Crippen LogP contribution in [0.25, 0.3) is 0 Å². The molecule has 0 aromatic heterocycles. The lowest BCUT2D eigenvalue weighted by atomic mass is 10.1. The molecule has 4 nitrogen and oxygen atoms in total. The number of anilines is 1. The first-order valence-electron chi connectivity index (χ1n) is 6.28. The fourth-order valence-corrected chi connectivity index (χ4v) is 2.30. The van der Waals surface area contributed by atoms with Crippen molar-refractivity contribution in [2.24, 2.45) is 0 Å². The summed E-state index contributed by atoms with van der Waals surface area (Å²) in [5.41, 5.74) is 8.16. The highest BCUT2D eigenvalue weighted by Crippen LogP contribution is 2.17. The molecule has 0 spiro atoms. The molecule has 1 fully saturated rings. The molecule has 0 aliphatic carbocycles. The Kier molecular flexibility index (Phi) is 3.57. The number of ether oxygens (including phenoxy) is 1. The number of aryl methyl sites for hydroxylation is 1. The van der Waals surface area contributed by atoms with Crippen LogP contribution in [0.1, 0.15) is 29.8 Å². The number of nitrogens with two attached hydrogens (primary N) is 1. The monoisotopic (exact) mass is 248 g/mol. The number of morpholine rings is 1. The molecule has 1 aromatic rings. The smallest absolute Gasteiger partial charge is 0.254 e. The van der Waals surface area contributed by atoms with E-state index in [0.29, 0.717) is 24.3 Å². The van der Waals surface area contributed by atoms with Crippen LogP contribution in [0.4, 0.5) is 5.69 Å². The molecule has 0 bridgehead atoms. The number of hydrogen-bond donors (Lipinski definition) is 1. The van der Waals surface area contributed by atoms with Crippen LogP contribution in [0.3, 0.4) is 0 Å². The molecule has 1 amide bonds. The highest BCUT2D eigenvalue weighted by atomic mass is 16.5. The van der Waals surface area contributed by atoms with Gasteiger partial charge in [0.05, 0.1) is 12.2 Å². The van der Waals surface area contributed by atoms with E-state index in [-0.39, 0.29) is 18.1 Å². The number of amides is 1. The Balaban J connectivity index is 2.17. The Labute approximate surface area is 108 Å². The highest BCUT2D eigenvalue weighted by Gasteiger charge is 2.26. The summed E-state index contributed by atoms with van der Waals surface area (Å²) in [6, 6.07) is 5.47. The molecule has 1 aliphatic heterocycles. The quantitative estimate of drug-likeness (QED) is 0.771. The van der Waals surface area contributed by atoms with Gasteiger partial charge >= 0.3 is 0 Å².